The summed E-state index contributed by atoms with van der Waals surface area (Å²) in [5.41, 5.74) is 3.68. The zero-order chi connectivity index (χ0) is 19.2. The number of pyridine rings is 1. The molecule has 2 heterocycles. The molecule has 0 atom stereocenters. The second-order valence-electron chi connectivity index (χ2n) is 6.55. The molecular formula is C21H26N6. The number of nitrogens with one attached hydrogen (secondary N) is 1. The Labute approximate surface area is 160 Å². The highest BCUT2D eigenvalue weighted by Crippen LogP contribution is 2.10. The fraction of sp³-hybridized carbons (Fsp3) is 0.286. The Balaban J connectivity index is 1.61. The number of imidazole rings is 1. The summed E-state index contributed by atoms with van der Waals surface area (Å²) in [5.74, 6) is 2.65. The van der Waals surface area contributed by atoms with Crippen molar-refractivity contribution in [3.05, 3.63) is 77.5 Å². The number of aromatic nitrogens is 3. The lowest BCUT2D eigenvalue weighted by Gasteiger charge is -2.23. The maximum absolute atomic E-state index is 4.54. The quantitative estimate of drug-likeness (QED) is 0.560. The van der Waals surface area contributed by atoms with Gasteiger partial charge in [0.15, 0.2) is 5.96 Å². The van der Waals surface area contributed by atoms with E-state index in [9.17, 15) is 0 Å². The predicted molar refractivity (Wildman–Crippen MR) is 109 cm³/mol. The molecule has 3 rings (SSSR count). The molecule has 0 unspecified atom stereocenters. The Hall–Kier alpha value is -3.15. The SMILES string of the molecule is CN=C(NCc1ccc(-n2ccnc2C)nc1)N(C)Cc1ccccc1C. The van der Waals surface area contributed by atoms with E-state index >= 15 is 0 Å². The molecule has 1 aromatic carbocycles. The smallest absolute Gasteiger partial charge is 0.193 e. The topological polar surface area (TPSA) is 58.3 Å². The van der Waals surface area contributed by atoms with Crippen molar-refractivity contribution >= 4 is 5.96 Å². The Morgan fingerprint density at radius 2 is 1.96 bits per heavy atom. The van der Waals surface area contributed by atoms with E-state index in [0.717, 1.165) is 29.7 Å². The molecule has 2 aromatic heterocycles. The van der Waals surface area contributed by atoms with E-state index in [-0.39, 0.29) is 0 Å². The van der Waals surface area contributed by atoms with Crippen LogP contribution in [-0.2, 0) is 13.1 Å². The first-order chi connectivity index (χ1) is 13.1. The van der Waals surface area contributed by atoms with E-state index in [1.54, 1.807) is 13.2 Å². The van der Waals surface area contributed by atoms with Crippen LogP contribution in [0.4, 0.5) is 0 Å². The molecule has 0 saturated heterocycles. The maximum Gasteiger partial charge on any atom is 0.193 e. The first kappa shape index (κ1) is 18.6. The van der Waals surface area contributed by atoms with Crippen molar-refractivity contribution in [1.82, 2.24) is 24.8 Å². The number of guanidine groups is 1. The molecular weight excluding hydrogens is 336 g/mol. The number of aliphatic imine (C=N–C) groups is 1. The minimum Gasteiger partial charge on any atom is -0.352 e. The number of hydrogen-bond donors (Lipinski definition) is 1. The van der Waals surface area contributed by atoms with Gasteiger partial charge in [0, 0.05) is 45.8 Å². The molecule has 0 bridgehead atoms. The van der Waals surface area contributed by atoms with Crippen LogP contribution in [0.25, 0.3) is 5.82 Å². The molecule has 0 aliphatic carbocycles. The highest BCUT2D eigenvalue weighted by Gasteiger charge is 2.08. The number of nitrogens with zero attached hydrogens (tertiary/aromatic N) is 5. The van der Waals surface area contributed by atoms with Crippen LogP contribution >= 0.6 is 0 Å². The Bertz CT molecular complexity index is 910. The van der Waals surface area contributed by atoms with Crippen molar-refractivity contribution in [2.45, 2.75) is 26.9 Å². The van der Waals surface area contributed by atoms with Gasteiger partial charge in [-0.2, -0.15) is 0 Å². The molecule has 140 valence electrons. The Morgan fingerprint density at radius 1 is 1.15 bits per heavy atom. The molecule has 6 heteroatoms. The van der Waals surface area contributed by atoms with Crippen molar-refractivity contribution in [3.8, 4) is 5.82 Å². The molecule has 27 heavy (non-hydrogen) atoms. The summed E-state index contributed by atoms with van der Waals surface area (Å²) in [5, 5.41) is 3.41. The lowest BCUT2D eigenvalue weighted by molar-refractivity contribution is 0.475. The summed E-state index contributed by atoms with van der Waals surface area (Å²) in [6.45, 7) is 5.57. The molecule has 0 aliphatic heterocycles. The third-order valence-corrected chi connectivity index (χ3v) is 4.57. The van der Waals surface area contributed by atoms with Crippen molar-refractivity contribution < 1.29 is 0 Å². The van der Waals surface area contributed by atoms with Crippen LogP contribution in [0.3, 0.4) is 0 Å². The molecule has 6 nitrogen and oxygen atoms in total. The van der Waals surface area contributed by atoms with Crippen LogP contribution in [0.5, 0.6) is 0 Å². The predicted octanol–water partition coefficient (Wildman–Crippen LogP) is 3.09. The van der Waals surface area contributed by atoms with Gasteiger partial charge in [-0.05, 0) is 36.6 Å². The fourth-order valence-corrected chi connectivity index (χ4v) is 2.97. The first-order valence-electron chi connectivity index (χ1n) is 9.00. The number of aryl methyl sites for hydroxylation is 2. The summed E-state index contributed by atoms with van der Waals surface area (Å²) in [6, 6.07) is 12.5. The van der Waals surface area contributed by atoms with E-state index in [1.807, 2.05) is 37.0 Å². The van der Waals surface area contributed by atoms with Crippen molar-refractivity contribution in [1.29, 1.82) is 0 Å². The zero-order valence-electron chi connectivity index (χ0n) is 16.3. The average Bonchev–Trinajstić information content (AvgIpc) is 3.10. The normalized spacial score (nSPS) is 11.5. The number of benzene rings is 1. The molecule has 0 fully saturated rings. The third-order valence-electron chi connectivity index (χ3n) is 4.57. The van der Waals surface area contributed by atoms with E-state index in [4.69, 9.17) is 0 Å². The summed E-state index contributed by atoms with van der Waals surface area (Å²) in [4.78, 5) is 15.3. The third kappa shape index (κ3) is 4.53. The van der Waals surface area contributed by atoms with E-state index in [2.05, 4.69) is 62.4 Å². The van der Waals surface area contributed by atoms with Gasteiger partial charge < -0.3 is 10.2 Å². The largest absolute Gasteiger partial charge is 0.352 e. The van der Waals surface area contributed by atoms with Gasteiger partial charge in [0.2, 0.25) is 0 Å². The molecule has 0 spiro atoms. The second kappa shape index (κ2) is 8.49. The zero-order valence-corrected chi connectivity index (χ0v) is 16.3. The fourth-order valence-electron chi connectivity index (χ4n) is 2.97. The summed E-state index contributed by atoms with van der Waals surface area (Å²) in [7, 11) is 3.85. The lowest BCUT2D eigenvalue weighted by Crippen LogP contribution is -2.38. The van der Waals surface area contributed by atoms with Crippen molar-refractivity contribution in [2.75, 3.05) is 14.1 Å². The standard InChI is InChI=1S/C21H26N6/c1-16-7-5-6-8-19(16)15-26(4)21(22-3)25-14-18-9-10-20(24-13-18)27-12-11-23-17(27)2/h5-13H,14-15H2,1-4H3,(H,22,25). The summed E-state index contributed by atoms with van der Waals surface area (Å²) >= 11 is 0. The van der Waals surface area contributed by atoms with Crippen LogP contribution < -0.4 is 5.32 Å². The van der Waals surface area contributed by atoms with Crippen LogP contribution in [0.1, 0.15) is 22.5 Å². The van der Waals surface area contributed by atoms with Crippen LogP contribution in [-0.4, -0.2) is 39.5 Å². The van der Waals surface area contributed by atoms with Gasteiger partial charge in [-0.25, -0.2) is 9.97 Å². The Morgan fingerprint density at radius 3 is 2.59 bits per heavy atom. The first-order valence-corrected chi connectivity index (χ1v) is 9.00. The summed E-state index contributed by atoms with van der Waals surface area (Å²) < 4.78 is 1.96. The molecule has 0 aliphatic rings. The molecule has 0 amide bonds. The highest BCUT2D eigenvalue weighted by molar-refractivity contribution is 5.79. The highest BCUT2D eigenvalue weighted by atomic mass is 15.3. The van der Waals surface area contributed by atoms with E-state index in [1.165, 1.54) is 11.1 Å². The molecule has 0 radical (unpaired) electrons. The van der Waals surface area contributed by atoms with Gasteiger partial charge in [0.25, 0.3) is 0 Å². The van der Waals surface area contributed by atoms with Gasteiger partial charge in [0.05, 0.1) is 0 Å². The monoisotopic (exact) mass is 362 g/mol. The molecule has 1 N–H and O–H groups in total. The van der Waals surface area contributed by atoms with Gasteiger partial charge in [-0.3, -0.25) is 9.56 Å². The van der Waals surface area contributed by atoms with Gasteiger partial charge in [-0.15, -0.1) is 0 Å². The second-order valence-corrected chi connectivity index (χ2v) is 6.55. The average molecular weight is 362 g/mol. The van der Waals surface area contributed by atoms with Gasteiger partial charge in [0.1, 0.15) is 11.6 Å². The minimum atomic E-state index is 0.668. The van der Waals surface area contributed by atoms with Crippen LogP contribution in [0.15, 0.2) is 60.0 Å². The van der Waals surface area contributed by atoms with E-state index in [0.29, 0.717) is 6.54 Å². The number of hydrogen-bond acceptors (Lipinski definition) is 3. The van der Waals surface area contributed by atoms with Gasteiger partial charge >= 0.3 is 0 Å². The molecule has 3 aromatic rings. The van der Waals surface area contributed by atoms with Gasteiger partial charge in [-0.1, -0.05) is 30.3 Å². The van der Waals surface area contributed by atoms with Crippen molar-refractivity contribution in [3.63, 3.8) is 0 Å². The maximum atomic E-state index is 4.54. The van der Waals surface area contributed by atoms with E-state index < -0.39 is 0 Å². The summed E-state index contributed by atoms with van der Waals surface area (Å²) in [6.07, 6.45) is 5.58. The Kier molecular flexibility index (Phi) is 5.86. The minimum absolute atomic E-state index is 0.668. The van der Waals surface area contributed by atoms with Crippen molar-refractivity contribution in [2.24, 2.45) is 4.99 Å². The lowest BCUT2D eigenvalue weighted by atomic mass is 10.1. The van der Waals surface area contributed by atoms with Crippen LogP contribution in [0.2, 0.25) is 0 Å². The number of rotatable bonds is 5. The molecule has 0 saturated carbocycles. The van der Waals surface area contributed by atoms with Crippen LogP contribution in [0, 0.1) is 13.8 Å².